The van der Waals surface area contributed by atoms with Crippen molar-refractivity contribution in [1.29, 1.82) is 0 Å². The summed E-state index contributed by atoms with van der Waals surface area (Å²) in [4.78, 5) is 10.4. The maximum atomic E-state index is 6.09. The third kappa shape index (κ3) is 4.04. The molecular formula is C21H24N2O3. The van der Waals surface area contributed by atoms with E-state index in [2.05, 4.69) is 35.4 Å². The van der Waals surface area contributed by atoms with Crippen molar-refractivity contribution < 1.29 is 14.4 Å². The minimum Gasteiger partial charge on any atom is -0.489 e. The molecular weight excluding hydrogens is 328 g/mol. The van der Waals surface area contributed by atoms with Gasteiger partial charge in [0.2, 0.25) is 0 Å². The topological polar surface area (TPSA) is 52.4 Å². The molecule has 0 aliphatic carbocycles. The molecule has 1 heterocycles. The van der Waals surface area contributed by atoms with Gasteiger partial charge in [-0.15, -0.1) is 0 Å². The third-order valence-electron chi connectivity index (χ3n) is 4.28. The summed E-state index contributed by atoms with van der Waals surface area (Å²) in [6, 6.07) is 14.2. The van der Waals surface area contributed by atoms with Crippen molar-refractivity contribution in [2.45, 2.75) is 39.9 Å². The summed E-state index contributed by atoms with van der Waals surface area (Å²) < 4.78 is 6.09. The molecule has 0 radical (unpaired) electrons. The standard InChI is InChI=1S/C21H24N2O3/c1-14-9-10-15(2)20(11-14)25-13-17-7-5-6-8-18(17)21(23-24-4)19-12-16(3)26-22-19/h5-11,16H,12-13H2,1-4H3/b23-21+. The fourth-order valence-corrected chi connectivity index (χ4v) is 2.88. The van der Waals surface area contributed by atoms with Crippen LogP contribution in [0.4, 0.5) is 0 Å². The first-order valence-corrected chi connectivity index (χ1v) is 8.71. The van der Waals surface area contributed by atoms with Crippen LogP contribution in [0, 0.1) is 13.8 Å². The molecule has 0 saturated carbocycles. The molecule has 1 unspecified atom stereocenters. The van der Waals surface area contributed by atoms with E-state index in [1.165, 1.54) is 12.7 Å². The van der Waals surface area contributed by atoms with Gasteiger partial charge in [0.1, 0.15) is 37.0 Å². The van der Waals surface area contributed by atoms with Crippen LogP contribution in [0.15, 0.2) is 52.8 Å². The fourth-order valence-electron chi connectivity index (χ4n) is 2.88. The van der Waals surface area contributed by atoms with Crippen LogP contribution < -0.4 is 4.74 Å². The molecule has 0 fully saturated rings. The highest BCUT2D eigenvalue weighted by atomic mass is 16.6. The zero-order valence-corrected chi connectivity index (χ0v) is 15.7. The van der Waals surface area contributed by atoms with Crippen LogP contribution in [0.3, 0.4) is 0 Å². The third-order valence-corrected chi connectivity index (χ3v) is 4.28. The maximum Gasteiger partial charge on any atom is 0.135 e. The Morgan fingerprint density at radius 2 is 2.04 bits per heavy atom. The first-order chi connectivity index (χ1) is 12.6. The summed E-state index contributed by atoms with van der Waals surface area (Å²) in [6.45, 7) is 6.52. The van der Waals surface area contributed by atoms with E-state index in [4.69, 9.17) is 14.4 Å². The SMILES string of the molecule is CO/N=C(/C1=NOC(C)C1)c1ccccc1COc1cc(C)ccc1C. The van der Waals surface area contributed by atoms with Gasteiger partial charge in [-0.3, -0.25) is 0 Å². The molecule has 2 aromatic carbocycles. The van der Waals surface area contributed by atoms with Crippen LogP contribution in [-0.4, -0.2) is 24.6 Å². The maximum absolute atomic E-state index is 6.09. The molecule has 0 saturated heterocycles. The molecule has 26 heavy (non-hydrogen) atoms. The smallest absolute Gasteiger partial charge is 0.135 e. The van der Waals surface area contributed by atoms with Crippen molar-refractivity contribution in [3.8, 4) is 5.75 Å². The largest absolute Gasteiger partial charge is 0.489 e. The van der Waals surface area contributed by atoms with Gasteiger partial charge >= 0.3 is 0 Å². The molecule has 1 aliphatic heterocycles. The van der Waals surface area contributed by atoms with Crippen LogP contribution in [0.1, 0.15) is 35.6 Å². The van der Waals surface area contributed by atoms with Gasteiger partial charge in [0.25, 0.3) is 0 Å². The Bertz CT molecular complexity index is 843. The molecule has 0 amide bonds. The number of hydrogen-bond acceptors (Lipinski definition) is 5. The van der Waals surface area contributed by atoms with Crippen molar-refractivity contribution in [3.05, 3.63) is 64.7 Å². The number of ether oxygens (including phenoxy) is 1. The lowest BCUT2D eigenvalue weighted by atomic mass is 9.98. The van der Waals surface area contributed by atoms with E-state index in [9.17, 15) is 0 Å². The number of benzene rings is 2. The summed E-state index contributed by atoms with van der Waals surface area (Å²) in [5.41, 5.74) is 5.73. The van der Waals surface area contributed by atoms with Crippen molar-refractivity contribution in [3.63, 3.8) is 0 Å². The number of aryl methyl sites for hydroxylation is 2. The second-order valence-electron chi connectivity index (χ2n) is 6.50. The second kappa shape index (κ2) is 8.04. The predicted molar refractivity (Wildman–Crippen MR) is 103 cm³/mol. The number of hydrogen-bond donors (Lipinski definition) is 0. The van der Waals surface area contributed by atoms with Crippen LogP contribution in [0.5, 0.6) is 5.75 Å². The van der Waals surface area contributed by atoms with E-state index in [0.717, 1.165) is 28.2 Å². The van der Waals surface area contributed by atoms with Crippen LogP contribution in [-0.2, 0) is 16.3 Å². The minimum absolute atomic E-state index is 0.0467. The van der Waals surface area contributed by atoms with E-state index in [1.807, 2.05) is 38.1 Å². The normalized spacial score (nSPS) is 16.8. The Kier molecular flexibility index (Phi) is 5.56. The van der Waals surface area contributed by atoms with Gasteiger partial charge in [0.05, 0.1) is 0 Å². The molecule has 0 bridgehead atoms. The monoisotopic (exact) mass is 352 g/mol. The highest BCUT2D eigenvalue weighted by Gasteiger charge is 2.24. The molecule has 3 rings (SSSR count). The predicted octanol–water partition coefficient (Wildman–Crippen LogP) is 4.40. The van der Waals surface area contributed by atoms with E-state index >= 15 is 0 Å². The Morgan fingerprint density at radius 1 is 1.23 bits per heavy atom. The first-order valence-electron chi connectivity index (χ1n) is 8.71. The molecule has 5 nitrogen and oxygen atoms in total. The molecule has 1 aliphatic rings. The van der Waals surface area contributed by atoms with Crippen molar-refractivity contribution in [1.82, 2.24) is 0 Å². The average molecular weight is 352 g/mol. The van der Waals surface area contributed by atoms with E-state index in [0.29, 0.717) is 18.7 Å². The Hall–Kier alpha value is -2.82. The zero-order valence-electron chi connectivity index (χ0n) is 15.7. The zero-order chi connectivity index (χ0) is 18.5. The van der Waals surface area contributed by atoms with E-state index < -0.39 is 0 Å². The minimum atomic E-state index is 0.0467. The molecule has 136 valence electrons. The van der Waals surface area contributed by atoms with Gasteiger partial charge in [-0.25, -0.2) is 0 Å². The highest BCUT2D eigenvalue weighted by Crippen LogP contribution is 2.23. The Morgan fingerprint density at radius 3 is 2.77 bits per heavy atom. The lowest BCUT2D eigenvalue weighted by Gasteiger charge is -2.14. The van der Waals surface area contributed by atoms with E-state index in [1.54, 1.807) is 0 Å². The summed E-state index contributed by atoms with van der Waals surface area (Å²) in [7, 11) is 1.54. The first kappa shape index (κ1) is 18.0. The molecule has 5 heteroatoms. The van der Waals surface area contributed by atoms with E-state index in [-0.39, 0.29) is 6.10 Å². The molecule has 0 aromatic heterocycles. The van der Waals surface area contributed by atoms with Crippen LogP contribution in [0.2, 0.25) is 0 Å². The Labute approximate surface area is 154 Å². The lowest BCUT2D eigenvalue weighted by Crippen LogP contribution is -2.18. The molecule has 0 spiro atoms. The fraction of sp³-hybridized carbons (Fsp3) is 0.333. The Balaban J connectivity index is 1.87. The van der Waals surface area contributed by atoms with Crippen molar-refractivity contribution >= 4 is 11.4 Å². The molecule has 0 N–H and O–H groups in total. The van der Waals surface area contributed by atoms with Crippen molar-refractivity contribution in [2.24, 2.45) is 10.3 Å². The number of oxime groups is 2. The number of rotatable bonds is 6. The summed E-state index contributed by atoms with van der Waals surface area (Å²) in [6.07, 6.45) is 0.749. The molecule has 1 atom stereocenters. The average Bonchev–Trinajstić information content (AvgIpc) is 3.07. The van der Waals surface area contributed by atoms with Crippen LogP contribution in [0.25, 0.3) is 0 Å². The van der Waals surface area contributed by atoms with Gasteiger partial charge in [-0.05, 0) is 43.5 Å². The highest BCUT2D eigenvalue weighted by molar-refractivity contribution is 6.48. The van der Waals surface area contributed by atoms with Crippen LogP contribution >= 0.6 is 0 Å². The number of nitrogens with zero attached hydrogens (tertiary/aromatic N) is 2. The lowest BCUT2D eigenvalue weighted by molar-refractivity contribution is 0.0995. The summed E-state index contributed by atoms with van der Waals surface area (Å²) >= 11 is 0. The van der Waals surface area contributed by atoms with Gasteiger partial charge < -0.3 is 14.4 Å². The quantitative estimate of drug-likeness (QED) is 0.572. The molecule has 2 aromatic rings. The van der Waals surface area contributed by atoms with Gasteiger partial charge in [0.15, 0.2) is 0 Å². The van der Waals surface area contributed by atoms with Gasteiger partial charge in [-0.2, -0.15) is 0 Å². The summed E-state index contributed by atoms with van der Waals surface area (Å²) in [5.74, 6) is 0.889. The van der Waals surface area contributed by atoms with Gasteiger partial charge in [0, 0.05) is 12.0 Å². The summed E-state index contributed by atoms with van der Waals surface area (Å²) in [5, 5.41) is 8.37. The van der Waals surface area contributed by atoms with Crippen molar-refractivity contribution in [2.75, 3.05) is 7.11 Å². The second-order valence-corrected chi connectivity index (χ2v) is 6.50. The van der Waals surface area contributed by atoms with Gasteiger partial charge in [-0.1, -0.05) is 46.7 Å².